The molecule has 2 amide bonds. The number of nitrogens with one attached hydrogen (secondary N) is 1. The number of nitrogens with two attached hydrogens (primary N) is 1. The van der Waals surface area contributed by atoms with Crippen molar-refractivity contribution in [3.8, 4) is 11.1 Å². The fourth-order valence-corrected chi connectivity index (χ4v) is 4.32. The zero-order valence-electron chi connectivity index (χ0n) is 17.5. The van der Waals surface area contributed by atoms with E-state index in [4.69, 9.17) is 10.5 Å². The number of aryl methyl sites for hydroxylation is 1. The summed E-state index contributed by atoms with van der Waals surface area (Å²) in [5.41, 5.74) is 9.53. The van der Waals surface area contributed by atoms with Gasteiger partial charge in [-0.15, -0.1) is 0 Å². The molecule has 0 unspecified atom stereocenters. The van der Waals surface area contributed by atoms with E-state index in [-0.39, 0.29) is 17.9 Å². The van der Waals surface area contributed by atoms with Gasteiger partial charge in [0.05, 0.1) is 23.8 Å². The number of primary amides is 1. The van der Waals surface area contributed by atoms with Gasteiger partial charge in [0.15, 0.2) is 0 Å². The highest BCUT2D eigenvalue weighted by molar-refractivity contribution is 5.97. The van der Waals surface area contributed by atoms with Crippen molar-refractivity contribution in [3.05, 3.63) is 65.5 Å². The van der Waals surface area contributed by atoms with Crippen molar-refractivity contribution in [2.24, 2.45) is 5.73 Å². The minimum absolute atomic E-state index is 0.0772. The number of carbonyl (C=O) groups excluding carboxylic acids is 2. The number of pyridine rings is 1. The number of ether oxygens (including phenoxy) is 1. The molecule has 3 N–H and O–H groups in total. The number of benzene rings is 2. The van der Waals surface area contributed by atoms with Crippen LogP contribution in [0.15, 0.2) is 48.7 Å². The zero-order valence-corrected chi connectivity index (χ0v) is 17.5. The molecule has 0 radical (unpaired) electrons. The summed E-state index contributed by atoms with van der Waals surface area (Å²) in [5.74, 6) is -0.379. The summed E-state index contributed by atoms with van der Waals surface area (Å²) in [5, 5.41) is 5.05. The fraction of sp³-hybridized carbons (Fsp3) is 0.320. The van der Waals surface area contributed by atoms with Crippen molar-refractivity contribution in [2.45, 2.75) is 37.6 Å². The molecule has 2 heterocycles. The van der Waals surface area contributed by atoms with E-state index in [0.717, 1.165) is 52.4 Å². The fourth-order valence-electron chi connectivity index (χ4n) is 4.32. The Balaban J connectivity index is 1.46. The molecule has 1 aromatic heterocycles. The van der Waals surface area contributed by atoms with Crippen molar-refractivity contribution >= 4 is 22.6 Å². The normalized spacial score (nSPS) is 19.3. The van der Waals surface area contributed by atoms with Crippen molar-refractivity contribution in [3.63, 3.8) is 0 Å². The molecular formula is C25H25N3O3. The van der Waals surface area contributed by atoms with E-state index in [1.54, 1.807) is 0 Å². The Morgan fingerprint density at radius 2 is 1.97 bits per heavy atom. The number of fused-ring (bicyclic) bond motifs is 1. The van der Waals surface area contributed by atoms with Crippen LogP contribution in [0.3, 0.4) is 0 Å². The second-order valence-electron chi connectivity index (χ2n) is 8.64. The van der Waals surface area contributed by atoms with E-state index < -0.39 is 5.41 Å². The molecule has 158 valence electrons. The summed E-state index contributed by atoms with van der Waals surface area (Å²) in [6.45, 7) is 3.30. The van der Waals surface area contributed by atoms with Gasteiger partial charge in [0.1, 0.15) is 0 Å². The number of hydrogen-bond donors (Lipinski definition) is 2. The number of carbonyl (C=O) groups is 2. The summed E-state index contributed by atoms with van der Waals surface area (Å²) in [4.78, 5) is 29.1. The Hall–Kier alpha value is -3.25. The standard InChI is InChI=1S/C25H25N3O3/c1-15-2-3-18(23(29)28-20-6-9-31-14-20)11-21(15)17-5-4-16-12-22(27-13-19(16)10-17)25(7-8-25)24(26)30/h2-5,10-13,20H,6-9,14H2,1H3,(H2,26,30)(H,28,29)/t20-/m1/s1. The van der Waals surface area contributed by atoms with Gasteiger partial charge in [0.25, 0.3) is 5.91 Å². The van der Waals surface area contributed by atoms with Crippen LogP contribution in [0.1, 0.15) is 40.9 Å². The second-order valence-corrected chi connectivity index (χ2v) is 8.64. The van der Waals surface area contributed by atoms with Gasteiger partial charge in [-0.1, -0.05) is 18.2 Å². The van der Waals surface area contributed by atoms with E-state index >= 15 is 0 Å². The molecule has 5 rings (SSSR count). The van der Waals surface area contributed by atoms with Gasteiger partial charge in [-0.25, -0.2) is 0 Å². The average Bonchev–Trinajstić information content (AvgIpc) is 3.44. The SMILES string of the molecule is Cc1ccc(C(=O)N[C@@H]2CCOC2)cc1-c1ccc2cc(C3(C(N)=O)CC3)ncc2c1. The van der Waals surface area contributed by atoms with Crippen LogP contribution in [0.5, 0.6) is 0 Å². The lowest BCUT2D eigenvalue weighted by molar-refractivity contribution is -0.120. The summed E-state index contributed by atoms with van der Waals surface area (Å²) in [7, 11) is 0. The predicted molar refractivity (Wildman–Crippen MR) is 119 cm³/mol. The largest absolute Gasteiger partial charge is 0.379 e. The third kappa shape index (κ3) is 3.57. The Morgan fingerprint density at radius 3 is 2.68 bits per heavy atom. The van der Waals surface area contributed by atoms with Gasteiger partial charge in [-0.05, 0) is 72.5 Å². The maximum Gasteiger partial charge on any atom is 0.251 e. The van der Waals surface area contributed by atoms with Gasteiger partial charge in [-0.2, -0.15) is 0 Å². The Bertz CT molecular complexity index is 1190. The van der Waals surface area contributed by atoms with Crippen molar-refractivity contribution < 1.29 is 14.3 Å². The van der Waals surface area contributed by atoms with Gasteiger partial charge in [-0.3, -0.25) is 14.6 Å². The van der Waals surface area contributed by atoms with Crippen LogP contribution in [0.2, 0.25) is 0 Å². The lowest BCUT2D eigenvalue weighted by Crippen LogP contribution is -2.35. The van der Waals surface area contributed by atoms with E-state index in [1.807, 2.05) is 49.5 Å². The van der Waals surface area contributed by atoms with E-state index in [2.05, 4.69) is 16.4 Å². The first-order valence-corrected chi connectivity index (χ1v) is 10.7. The van der Waals surface area contributed by atoms with Crippen LogP contribution in [-0.2, 0) is 14.9 Å². The second kappa shape index (κ2) is 7.46. The van der Waals surface area contributed by atoms with E-state index in [1.165, 1.54) is 0 Å². The molecule has 0 spiro atoms. The molecule has 1 saturated carbocycles. The third-order valence-electron chi connectivity index (χ3n) is 6.51. The number of amides is 2. The molecule has 1 atom stereocenters. The Labute approximate surface area is 180 Å². The maximum atomic E-state index is 12.7. The third-order valence-corrected chi connectivity index (χ3v) is 6.51. The number of hydrogen-bond acceptors (Lipinski definition) is 4. The summed E-state index contributed by atoms with van der Waals surface area (Å²) < 4.78 is 5.35. The first-order chi connectivity index (χ1) is 15.0. The molecule has 0 bridgehead atoms. The van der Waals surface area contributed by atoms with Crippen LogP contribution in [-0.4, -0.2) is 36.1 Å². The van der Waals surface area contributed by atoms with Crippen LogP contribution in [0.4, 0.5) is 0 Å². The highest BCUT2D eigenvalue weighted by Crippen LogP contribution is 2.47. The van der Waals surface area contributed by atoms with Crippen LogP contribution >= 0.6 is 0 Å². The predicted octanol–water partition coefficient (Wildman–Crippen LogP) is 3.25. The molecule has 1 aliphatic heterocycles. The van der Waals surface area contributed by atoms with Crippen molar-refractivity contribution in [1.82, 2.24) is 10.3 Å². The summed E-state index contributed by atoms with van der Waals surface area (Å²) >= 11 is 0. The van der Waals surface area contributed by atoms with Crippen molar-refractivity contribution in [2.75, 3.05) is 13.2 Å². The molecule has 2 fully saturated rings. The minimum Gasteiger partial charge on any atom is -0.379 e. The molecule has 1 saturated heterocycles. The Kier molecular flexibility index (Phi) is 4.74. The number of aromatic nitrogens is 1. The number of nitrogens with zero attached hydrogens (tertiary/aromatic N) is 1. The van der Waals surface area contributed by atoms with Crippen LogP contribution in [0.25, 0.3) is 21.9 Å². The Morgan fingerprint density at radius 1 is 1.13 bits per heavy atom. The highest BCUT2D eigenvalue weighted by Gasteiger charge is 2.51. The molecule has 3 aromatic rings. The average molecular weight is 415 g/mol. The monoisotopic (exact) mass is 415 g/mol. The molecule has 6 heteroatoms. The maximum absolute atomic E-state index is 12.7. The lowest BCUT2D eigenvalue weighted by atomic mass is 9.94. The molecule has 31 heavy (non-hydrogen) atoms. The van der Waals surface area contributed by atoms with Gasteiger partial charge in [0, 0.05) is 23.8 Å². The molecule has 1 aliphatic carbocycles. The molecule has 2 aromatic carbocycles. The summed E-state index contributed by atoms with van der Waals surface area (Å²) in [6, 6.07) is 14.0. The quantitative estimate of drug-likeness (QED) is 0.669. The lowest BCUT2D eigenvalue weighted by Gasteiger charge is -2.14. The first-order valence-electron chi connectivity index (χ1n) is 10.7. The molecular weight excluding hydrogens is 390 g/mol. The van der Waals surface area contributed by atoms with Crippen LogP contribution in [0, 0.1) is 6.92 Å². The van der Waals surface area contributed by atoms with Gasteiger partial charge in [0.2, 0.25) is 5.91 Å². The van der Waals surface area contributed by atoms with E-state index in [9.17, 15) is 9.59 Å². The zero-order chi connectivity index (χ0) is 21.6. The minimum atomic E-state index is -0.588. The van der Waals surface area contributed by atoms with Crippen molar-refractivity contribution in [1.29, 1.82) is 0 Å². The van der Waals surface area contributed by atoms with E-state index in [0.29, 0.717) is 18.8 Å². The van der Waals surface area contributed by atoms with Gasteiger partial charge >= 0.3 is 0 Å². The first kappa shape index (κ1) is 19.7. The molecule has 6 nitrogen and oxygen atoms in total. The molecule has 2 aliphatic rings. The smallest absolute Gasteiger partial charge is 0.251 e. The summed E-state index contributed by atoms with van der Waals surface area (Å²) in [6.07, 6.45) is 4.18. The highest BCUT2D eigenvalue weighted by atomic mass is 16.5. The number of rotatable bonds is 5. The van der Waals surface area contributed by atoms with Gasteiger partial charge < -0.3 is 15.8 Å². The van der Waals surface area contributed by atoms with Crippen LogP contribution < -0.4 is 11.1 Å². The topological polar surface area (TPSA) is 94.3 Å².